The highest BCUT2D eigenvalue weighted by atomic mass is 19.4. The Morgan fingerprint density at radius 2 is 1.80 bits per heavy atom. The van der Waals surface area contributed by atoms with Crippen molar-refractivity contribution in [3.05, 3.63) is 70.5 Å². The summed E-state index contributed by atoms with van der Waals surface area (Å²) in [6.45, 7) is 0.597. The summed E-state index contributed by atoms with van der Waals surface area (Å²) < 4.78 is 51.6. The van der Waals surface area contributed by atoms with Gasteiger partial charge in [-0.25, -0.2) is 4.39 Å². The van der Waals surface area contributed by atoms with Gasteiger partial charge in [-0.2, -0.15) is 13.2 Å². The number of fused-ring (bicyclic) bond motifs is 1. The van der Waals surface area contributed by atoms with E-state index in [2.05, 4.69) is 5.32 Å². The first kappa shape index (κ1) is 13.1. The quantitative estimate of drug-likeness (QED) is 0.778. The van der Waals surface area contributed by atoms with Crippen LogP contribution in [0.3, 0.4) is 0 Å². The first-order chi connectivity index (χ1) is 9.47. The van der Waals surface area contributed by atoms with Crippen LogP contribution < -0.4 is 5.32 Å². The molecule has 0 bridgehead atoms. The normalized spacial score (nSPS) is 18.1. The van der Waals surface area contributed by atoms with Crippen molar-refractivity contribution < 1.29 is 17.6 Å². The van der Waals surface area contributed by atoms with E-state index in [1.807, 2.05) is 24.3 Å². The lowest BCUT2D eigenvalue weighted by molar-refractivity contribution is -0.140. The fraction of sp³-hybridized carbons (Fsp3) is 0.200. The molecular formula is C15H11F4N. The largest absolute Gasteiger partial charge is 0.419 e. The molecule has 1 atom stereocenters. The van der Waals surface area contributed by atoms with Crippen molar-refractivity contribution >= 4 is 0 Å². The molecule has 5 heteroatoms. The molecule has 0 radical (unpaired) electrons. The lowest BCUT2D eigenvalue weighted by atomic mass is 9.97. The summed E-state index contributed by atoms with van der Waals surface area (Å²) in [6, 6.07) is 10.3. The van der Waals surface area contributed by atoms with Gasteiger partial charge in [0.25, 0.3) is 0 Å². The van der Waals surface area contributed by atoms with Crippen molar-refractivity contribution in [2.45, 2.75) is 18.8 Å². The smallest absolute Gasteiger partial charge is 0.302 e. The molecule has 1 N–H and O–H groups in total. The van der Waals surface area contributed by atoms with Crippen LogP contribution in [0.2, 0.25) is 0 Å². The molecular weight excluding hydrogens is 270 g/mol. The molecule has 2 aromatic rings. The van der Waals surface area contributed by atoms with E-state index in [0.29, 0.717) is 12.1 Å². The van der Waals surface area contributed by atoms with Crippen LogP contribution in [0.4, 0.5) is 17.6 Å². The maximum atomic E-state index is 13.3. The fourth-order valence-electron chi connectivity index (χ4n) is 2.54. The highest BCUT2D eigenvalue weighted by Gasteiger charge is 2.35. The van der Waals surface area contributed by atoms with Crippen LogP contribution in [0.25, 0.3) is 0 Å². The Hall–Kier alpha value is -1.88. The number of hydrogen-bond acceptors (Lipinski definition) is 1. The van der Waals surface area contributed by atoms with Crippen molar-refractivity contribution in [1.82, 2.24) is 5.32 Å². The Balaban J connectivity index is 2.05. The topological polar surface area (TPSA) is 12.0 Å². The van der Waals surface area contributed by atoms with Gasteiger partial charge in [0.2, 0.25) is 0 Å². The van der Waals surface area contributed by atoms with Crippen LogP contribution in [-0.2, 0) is 12.7 Å². The van der Waals surface area contributed by atoms with Crippen LogP contribution >= 0.6 is 0 Å². The van der Waals surface area contributed by atoms with Gasteiger partial charge in [0, 0.05) is 6.54 Å². The first-order valence-electron chi connectivity index (χ1n) is 6.14. The second-order valence-electron chi connectivity index (χ2n) is 4.75. The zero-order chi connectivity index (χ0) is 14.3. The zero-order valence-electron chi connectivity index (χ0n) is 10.3. The molecule has 1 nitrogen and oxygen atoms in total. The van der Waals surface area contributed by atoms with E-state index in [4.69, 9.17) is 0 Å². The minimum Gasteiger partial charge on any atom is -0.302 e. The molecule has 1 aliphatic rings. The summed E-state index contributed by atoms with van der Waals surface area (Å²) in [6.07, 6.45) is -4.68. The third-order valence-electron chi connectivity index (χ3n) is 3.49. The van der Waals surface area contributed by atoms with Gasteiger partial charge in [-0.1, -0.05) is 30.3 Å². The maximum Gasteiger partial charge on any atom is 0.419 e. The molecule has 2 aromatic carbocycles. The molecule has 0 saturated heterocycles. The van der Waals surface area contributed by atoms with E-state index in [1.165, 1.54) is 6.07 Å². The zero-order valence-corrected chi connectivity index (χ0v) is 10.3. The maximum absolute atomic E-state index is 13.3. The van der Waals surface area contributed by atoms with Gasteiger partial charge < -0.3 is 5.32 Å². The van der Waals surface area contributed by atoms with Crippen molar-refractivity contribution in [2.75, 3.05) is 0 Å². The molecule has 1 unspecified atom stereocenters. The summed E-state index contributed by atoms with van der Waals surface area (Å²) in [4.78, 5) is 0. The minimum atomic E-state index is -4.68. The van der Waals surface area contributed by atoms with Crippen LogP contribution in [0.15, 0.2) is 42.5 Å². The molecule has 1 aliphatic heterocycles. The predicted molar refractivity (Wildman–Crippen MR) is 66.5 cm³/mol. The van der Waals surface area contributed by atoms with Gasteiger partial charge >= 0.3 is 6.18 Å². The molecule has 104 valence electrons. The van der Waals surface area contributed by atoms with Gasteiger partial charge in [0.1, 0.15) is 5.82 Å². The first-order valence-corrected chi connectivity index (χ1v) is 6.14. The van der Waals surface area contributed by atoms with Crippen molar-refractivity contribution in [3.63, 3.8) is 0 Å². The Bertz CT molecular complexity index is 649. The van der Waals surface area contributed by atoms with E-state index in [9.17, 15) is 17.6 Å². The van der Waals surface area contributed by atoms with E-state index in [1.54, 1.807) is 0 Å². The highest BCUT2D eigenvalue weighted by Crippen LogP contribution is 2.36. The van der Waals surface area contributed by atoms with Gasteiger partial charge in [0.15, 0.2) is 0 Å². The van der Waals surface area contributed by atoms with E-state index in [-0.39, 0.29) is 6.04 Å². The van der Waals surface area contributed by atoms with Crippen LogP contribution in [-0.4, -0.2) is 0 Å². The molecule has 3 rings (SSSR count). The molecule has 0 fully saturated rings. The third kappa shape index (κ3) is 2.18. The lowest BCUT2D eigenvalue weighted by Gasteiger charge is -2.15. The number of alkyl halides is 3. The van der Waals surface area contributed by atoms with Crippen LogP contribution in [0, 0.1) is 5.82 Å². The standard InChI is InChI=1S/C15H11F4N/c16-13-6-5-9(7-12(13)15(17,18)19)14-11-4-2-1-3-10(11)8-20-14/h1-7,14,20H,8H2. The molecule has 0 aromatic heterocycles. The average molecular weight is 281 g/mol. The number of nitrogens with one attached hydrogen (secondary N) is 1. The van der Waals surface area contributed by atoms with Crippen LogP contribution in [0.1, 0.15) is 28.3 Å². The number of benzene rings is 2. The lowest BCUT2D eigenvalue weighted by Crippen LogP contribution is -2.15. The van der Waals surface area contributed by atoms with Crippen LogP contribution in [0.5, 0.6) is 0 Å². The Kier molecular flexibility index (Phi) is 3.01. The molecule has 0 spiro atoms. The Morgan fingerprint density at radius 1 is 1.05 bits per heavy atom. The van der Waals surface area contributed by atoms with E-state index >= 15 is 0 Å². The molecule has 20 heavy (non-hydrogen) atoms. The molecule has 0 aliphatic carbocycles. The summed E-state index contributed by atoms with van der Waals surface area (Å²) in [5, 5.41) is 3.15. The fourth-order valence-corrected chi connectivity index (χ4v) is 2.54. The Labute approximate surface area is 113 Å². The number of rotatable bonds is 1. The summed E-state index contributed by atoms with van der Waals surface area (Å²) >= 11 is 0. The monoisotopic (exact) mass is 281 g/mol. The third-order valence-corrected chi connectivity index (χ3v) is 3.49. The van der Waals surface area contributed by atoms with Crippen molar-refractivity contribution in [2.24, 2.45) is 0 Å². The van der Waals surface area contributed by atoms with E-state index in [0.717, 1.165) is 23.3 Å². The number of hydrogen-bond donors (Lipinski definition) is 1. The van der Waals surface area contributed by atoms with Gasteiger partial charge in [-0.3, -0.25) is 0 Å². The summed E-state index contributed by atoms with van der Waals surface area (Å²) in [5.41, 5.74) is 1.19. The SMILES string of the molecule is Fc1ccc(C2NCc3ccccc32)cc1C(F)(F)F. The second-order valence-corrected chi connectivity index (χ2v) is 4.75. The molecule has 0 amide bonds. The highest BCUT2D eigenvalue weighted by molar-refractivity contribution is 5.42. The minimum absolute atomic E-state index is 0.326. The van der Waals surface area contributed by atoms with E-state index < -0.39 is 17.6 Å². The average Bonchev–Trinajstić information content (AvgIpc) is 2.82. The van der Waals surface area contributed by atoms with Gasteiger partial charge in [-0.05, 0) is 28.8 Å². The predicted octanol–water partition coefficient (Wildman–Crippen LogP) is 4.04. The summed E-state index contributed by atoms with van der Waals surface area (Å²) in [7, 11) is 0. The molecule has 0 saturated carbocycles. The van der Waals surface area contributed by atoms with Gasteiger partial charge in [-0.15, -0.1) is 0 Å². The Morgan fingerprint density at radius 3 is 2.55 bits per heavy atom. The van der Waals surface area contributed by atoms with Crippen molar-refractivity contribution in [3.8, 4) is 0 Å². The number of halogens is 4. The van der Waals surface area contributed by atoms with Crippen molar-refractivity contribution in [1.29, 1.82) is 0 Å². The summed E-state index contributed by atoms with van der Waals surface area (Å²) in [5.74, 6) is -1.24. The molecule has 1 heterocycles. The second kappa shape index (κ2) is 4.59. The van der Waals surface area contributed by atoms with Gasteiger partial charge in [0.05, 0.1) is 11.6 Å².